The van der Waals surface area contributed by atoms with Crippen LogP contribution in [0, 0.1) is 11.8 Å². The van der Waals surface area contributed by atoms with Crippen LogP contribution in [0.5, 0.6) is 0 Å². The molecule has 1 fully saturated rings. The highest BCUT2D eigenvalue weighted by atomic mass is 14.8. The predicted octanol–water partition coefficient (Wildman–Crippen LogP) is 4.16. The molecule has 2 N–H and O–H groups in total. The number of hydrogen-bond donors (Lipinski definition) is 1. The largest absolute Gasteiger partial charge is 0.325 e. The topological polar surface area (TPSA) is 26.0 Å². The summed E-state index contributed by atoms with van der Waals surface area (Å²) in [6.45, 7) is 4.69. The fraction of sp³-hybridized carbons (Fsp3) is 0.647. The lowest BCUT2D eigenvalue weighted by Gasteiger charge is -2.42. The first kappa shape index (κ1) is 13.6. The molecule has 1 heteroatoms. The molecule has 0 saturated heterocycles. The average molecular weight is 245 g/mol. The molecule has 18 heavy (non-hydrogen) atoms. The highest BCUT2D eigenvalue weighted by molar-refractivity contribution is 5.14. The number of nitrogens with two attached hydrogens (primary N) is 1. The molecule has 0 aliphatic heterocycles. The lowest BCUT2D eigenvalue weighted by molar-refractivity contribution is 0.149. The van der Waals surface area contributed by atoms with Gasteiger partial charge in [-0.1, -0.05) is 50.6 Å². The van der Waals surface area contributed by atoms with Crippen molar-refractivity contribution >= 4 is 0 Å². The zero-order chi connectivity index (χ0) is 13.0. The van der Waals surface area contributed by atoms with Crippen LogP contribution in [0.4, 0.5) is 0 Å². The van der Waals surface area contributed by atoms with Gasteiger partial charge in [-0.2, -0.15) is 0 Å². The fourth-order valence-electron chi connectivity index (χ4n) is 3.39. The van der Waals surface area contributed by atoms with Gasteiger partial charge in [0.25, 0.3) is 0 Å². The van der Waals surface area contributed by atoms with Gasteiger partial charge in [-0.15, -0.1) is 0 Å². The summed E-state index contributed by atoms with van der Waals surface area (Å²) < 4.78 is 0. The van der Waals surface area contributed by atoms with Gasteiger partial charge in [0.15, 0.2) is 0 Å². The molecule has 3 unspecified atom stereocenters. The van der Waals surface area contributed by atoms with Crippen molar-refractivity contribution in [2.24, 2.45) is 17.6 Å². The van der Waals surface area contributed by atoms with E-state index in [9.17, 15) is 0 Å². The van der Waals surface area contributed by atoms with Crippen molar-refractivity contribution < 1.29 is 0 Å². The maximum atomic E-state index is 6.66. The molecule has 2 rings (SSSR count). The molecule has 1 aromatic rings. The van der Waals surface area contributed by atoms with Crippen molar-refractivity contribution in [3.8, 4) is 0 Å². The van der Waals surface area contributed by atoms with E-state index < -0.39 is 0 Å². The Labute approximate surface area is 112 Å². The summed E-state index contributed by atoms with van der Waals surface area (Å²) in [7, 11) is 0. The molecule has 1 aliphatic rings. The van der Waals surface area contributed by atoms with Crippen molar-refractivity contribution in [2.75, 3.05) is 0 Å². The van der Waals surface area contributed by atoms with Crippen molar-refractivity contribution in [3.63, 3.8) is 0 Å². The highest BCUT2D eigenvalue weighted by Crippen LogP contribution is 2.38. The molecule has 0 radical (unpaired) electrons. The summed E-state index contributed by atoms with van der Waals surface area (Å²) >= 11 is 0. The Balaban J connectivity index is 1.85. The molecule has 1 aromatic carbocycles. The van der Waals surface area contributed by atoms with Gasteiger partial charge >= 0.3 is 0 Å². The average Bonchev–Trinajstić information content (AvgIpc) is 2.36. The van der Waals surface area contributed by atoms with Crippen LogP contribution in [0.3, 0.4) is 0 Å². The monoisotopic (exact) mass is 245 g/mol. The van der Waals surface area contributed by atoms with Gasteiger partial charge in [0.1, 0.15) is 0 Å². The summed E-state index contributed by atoms with van der Waals surface area (Å²) in [5.74, 6) is 1.49. The molecule has 100 valence electrons. The lowest BCUT2D eigenvalue weighted by Crippen LogP contribution is -2.50. The van der Waals surface area contributed by atoms with E-state index in [1.807, 2.05) is 0 Å². The number of benzene rings is 1. The van der Waals surface area contributed by atoms with Crippen molar-refractivity contribution in [1.82, 2.24) is 0 Å². The Morgan fingerprint density at radius 1 is 1.17 bits per heavy atom. The van der Waals surface area contributed by atoms with Gasteiger partial charge in [-0.3, -0.25) is 0 Å². The standard InChI is InChI=1S/C17H27N/c1-14-10-11-15(2)17(18,13-14)12-6-9-16-7-4-3-5-8-16/h3-5,7-8,14-15H,6,9-13,18H2,1-2H3. The molecule has 0 spiro atoms. The molecule has 3 atom stereocenters. The Hall–Kier alpha value is -0.820. The van der Waals surface area contributed by atoms with Gasteiger partial charge in [0.2, 0.25) is 0 Å². The lowest BCUT2D eigenvalue weighted by atomic mass is 9.68. The van der Waals surface area contributed by atoms with E-state index in [0.29, 0.717) is 5.92 Å². The second-order valence-electron chi connectivity index (χ2n) is 6.36. The first-order valence-corrected chi connectivity index (χ1v) is 7.43. The molecule has 0 amide bonds. The fourth-order valence-corrected chi connectivity index (χ4v) is 3.39. The van der Waals surface area contributed by atoms with E-state index in [2.05, 4.69) is 44.2 Å². The van der Waals surface area contributed by atoms with Crippen LogP contribution in [0.25, 0.3) is 0 Å². The molecule has 1 saturated carbocycles. The quantitative estimate of drug-likeness (QED) is 0.846. The normalized spacial score (nSPS) is 32.4. The van der Waals surface area contributed by atoms with Gasteiger partial charge < -0.3 is 5.73 Å². The molecule has 1 nitrogen and oxygen atoms in total. The predicted molar refractivity (Wildman–Crippen MR) is 78.5 cm³/mol. The van der Waals surface area contributed by atoms with Crippen LogP contribution >= 0.6 is 0 Å². The molecular weight excluding hydrogens is 218 g/mol. The maximum Gasteiger partial charge on any atom is 0.0182 e. The van der Waals surface area contributed by atoms with Gasteiger partial charge in [-0.05, 0) is 49.5 Å². The van der Waals surface area contributed by atoms with E-state index in [1.165, 1.54) is 44.1 Å². The van der Waals surface area contributed by atoms with Gasteiger partial charge in [0.05, 0.1) is 0 Å². The minimum atomic E-state index is 0.0897. The molecular formula is C17H27N. The first-order chi connectivity index (χ1) is 8.60. The summed E-state index contributed by atoms with van der Waals surface area (Å²) in [4.78, 5) is 0. The van der Waals surface area contributed by atoms with Crippen molar-refractivity contribution in [2.45, 2.75) is 57.9 Å². The van der Waals surface area contributed by atoms with E-state index in [1.54, 1.807) is 0 Å². The van der Waals surface area contributed by atoms with E-state index in [0.717, 1.165) is 5.92 Å². The van der Waals surface area contributed by atoms with Crippen LogP contribution in [-0.4, -0.2) is 5.54 Å². The Bertz CT molecular complexity index is 359. The number of rotatable bonds is 4. The molecule has 0 aromatic heterocycles. The van der Waals surface area contributed by atoms with Crippen LogP contribution in [0.1, 0.15) is 51.5 Å². The third kappa shape index (κ3) is 3.35. The smallest absolute Gasteiger partial charge is 0.0182 e. The second-order valence-corrected chi connectivity index (χ2v) is 6.36. The summed E-state index contributed by atoms with van der Waals surface area (Å²) in [6, 6.07) is 10.8. The van der Waals surface area contributed by atoms with E-state index in [4.69, 9.17) is 5.73 Å². The van der Waals surface area contributed by atoms with Crippen LogP contribution in [0.15, 0.2) is 30.3 Å². The summed E-state index contributed by atoms with van der Waals surface area (Å²) in [5, 5.41) is 0. The third-order valence-corrected chi connectivity index (χ3v) is 4.75. The Morgan fingerprint density at radius 3 is 2.61 bits per heavy atom. The maximum absolute atomic E-state index is 6.66. The first-order valence-electron chi connectivity index (χ1n) is 7.43. The van der Waals surface area contributed by atoms with Crippen LogP contribution in [-0.2, 0) is 6.42 Å². The third-order valence-electron chi connectivity index (χ3n) is 4.75. The SMILES string of the molecule is CC1CCC(C)C(N)(CCCc2ccccc2)C1. The highest BCUT2D eigenvalue weighted by Gasteiger charge is 2.36. The van der Waals surface area contributed by atoms with Crippen molar-refractivity contribution in [3.05, 3.63) is 35.9 Å². The zero-order valence-corrected chi connectivity index (χ0v) is 11.9. The molecule has 1 aliphatic carbocycles. The Kier molecular flexibility index (Phi) is 4.45. The minimum Gasteiger partial charge on any atom is -0.325 e. The van der Waals surface area contributed by atoms with Gasteiger partial charge in [0, 0.05) is 5.54 Å². The van der Waals surface area contributed by atoms with Crippen LogP contribution < -0.4 is 5.73 Å². The van der Waals surface area contributed by atoms with Gasteiger partial charge in [-0.25, -0.2) is 0 Å². The summed E-state index contributed by atoms with van der Waals surface area (Å²) in [6.07, 6.45) is 7.44. The van der Waals surface area contributed by atoms with E-state index in [-0.39, 0.29) is 5.54 Å². The van der Waals surface area contributed by atoms with E-state index >= 15 is 0 Å². The Morgan fingerprint density at radius 2 is 1.89 bits per heavy atom. The zero-order valence-electron chi connectivity index (χ0n) is 11.9. The second kappa shape index (κ2) is 5.88. The van der Waals surface area contributed by atoms with Crippen LogP contribution in [0.2, 0.25) is 0 Å². The number of hydrogen-bond acceptors (Lipinski definition) is 1. The minimum absolute atomic E-state index is 0.0897. The molecule has 0 bridgehead atoms. The summed E-state index contributed by atoms with van der Waals surface area (Å²) in [5.41, 5.74) is 8.19. The van der Waals surface area contributed by atoms with Crippen molar-refractivity contribution in [1.29, 1.82) is 0 Å². The number of aryl methyl sites for hydroxylation is 1. The molecule has 0 heterocycles.